The second-order valence-electron chi connectivity index (χ2n) is 6.50. The molecule has 1 aliphatic rings. The first kappa shape index (κ1) is 17.8. The highest BCUT2D eigenvalue weighted by molar-refractivity contribution is 7.15. The molecule has 2 N–H and O–H groups in total. The number of rotatable bonds is 5. The lowest BCUT2D eigenvalue weighted by Crippen LogP contribution is -2.30. The lowest BCUT2D eigenvalue weighted by atomic mass is 10.1. The molecule has 140 valence electrons. The minimum atomic E-state index is 0.361. The van der Waals surface area contributed by atoms with Gasteiger partial charge < -0.3 is 15.2 Å². The number of anilines is 1. The van der Waals surface area contributed by atoms with Crippen molar-refractivity contribution >= 4 is 17.3 Å². The Balaban J connectivity index is 1.48. The van der Waals surface area contributed by atoms with Gasteiger partial charge in [-0.2, -0.15) is 0 Å². The van der Waals surface area contributed by atoms with Crippen LogP contribution in [0.25, 0.3) is 10.4 Å². The van der Waals surface area contributed by atoms with Crippen molar-refractivity contribution in [3.63, 3.8) is 0 Å². The molecule has 0 bridgehead atoms. The number of benzene rings is 1. The van der Waals surface area contributed by atoms with E-state index in [2.05, 4.69) is 33.1 Å². The zero-order chi connectivity index (χ0) is 18.8. The summed E-state index contributed by atoms with van der Waals surface area (Å²) in [6.45, 7) is 2.76. The zero-order valence-corrected chi connectivity index (χ0v) is 16.3. The molecule has 3 heterocycles. The van der Waals surface area contributed by atoms with Crippen LogP contribution in [0.15, 0.2) is 36.5 Å². The van der Waals surface area contributed by atoms with Crippen LogP contribution in [-0.4, -0.2) is 35.6 Å². The number of nitrogen functional groups attached to an aromatic ring is 1. The average molecular weight is 382 g/mol. The van der Waals surface area contributed by atoms with Gasteiger partial charge in [-0.3, -0.25) is 4.90 Å². The molecule has 0 radical (unpaired) electrons. The molecule has 0 fully saturated rings. The molecular weight excluding hydrogens is 360 g/mol. The van der Waals surface area contributed by atoms with Crippen molar-refractivity contribution in [1.82, 2.24) is 14.9 Å². The van der Waals surface area contributed by atoms with Gasteiger partial charge in [-0.25, -0.2) is 9.97 Å². The summed E-state index contributed by atoms with van der Waals surface area (Å²) >= 11 is 1.81. The minimum absolute atomic E-state index is 0.361. The zero-order valence-electron chi connectivity index (χ0n) is 15.4. The van der Waals surface area contributed by atoms with Gasteiger partial charge >= 0.3 is 0 Å². The van der Waals surface area contributed by atoms with Crippen LogP contribution in [0.2, 0.25) is 0 Å². The Hall–Kier alpha value is -2.64. The van der Waals surface area contributed by atoms with E-state index in [4.69, 9.17) is 15.2 Å². The summed E-state index contributed by atoms with van der Waals surface area (Å²) in [6.07, 6.45) is 2.77. The van der Waals surface area contributed by atoms with Crippen LogP contribution in [0.4, 0.5) is 5.95 Å². The Kier molecular flexibility index (Phi) is 4.96. The highest BCUT2D eigenvalue weighted by atomic mass is 32.1. The lowest BCUT2D eigenvalue weighted by molar-refractivity contribution is 0.245. The smallest absolute Gasteiger partial charge is 0.220 e. The number of hydrogen-bond donors (Lipinski definition) is 1. The average Bonchev–Trinajstić information content (AvgIpc) is 3.16. The van der Waals surface area contributed by atoms with Gasteiger partial charge in [0.15, 0.2) is 11.5 Å². The van der Waals surface area contributed by atoms with E-state index in [1.54, 1.807) is 25.6 Å². The van der Waals surface area contributed by atoms with Crippen LogP contribution in [0.3, 0.4) is 0 Å². The van der Waals surface area contributed by atoms with Crippen LogP contribution < -0.4 is 15.2 Å². The topological polar surface area (TPSA) is 73.5 Å². The molecule has 3 aromatic rings. The number of methoxy groups -OCH3 is 2. The summed E-state index contributed by atoms with van der Waals surface area (Å²) in [5.74, 6) is 1.85. The van der Waals surface area contributed by atoms with Gasteiger partial charge in [0.1, 0.15) is 0 Å². The van der Waals surface area contributed by atoms with Crippen LogP contribution in [0.1, 0.15) is 16.1 Å². The van der Waals surface area contributed by atoms with E-state index in [-0.39, 0.29) is 0 Å². The standard InChI is InChI=1S/C20H22N4O2S/c1-25-17-5-3-13(9-18(17)26-2)19-6-4-15(27-19)12-24-8-7-16-14(11-24)10-22-20(21)23-16/h3-6,9-10H,7-8,11-12H2,1-2H3,(H2,21,22,23). The van der Waals surface area contributed by atoms with Crippen LogP contribution in [0.5, 0.6) is 11.5 Å². The second kappa shape index (κ2) is 7.54. The molecule has 0 amide bonds. The molecule has 0 spiro atoms. The molecular formula is C20H22N4O2S. The highest BCUT2D eigenvalue weighted by Gasteiger charge is 2.19. The van der Waals surface area contributed by atoms with Gasteiger partial charge in [0.2, 0.25) is 5.95 Å². The van der Waals surface area contributed by atoms with E-state index in [0.29, 0.717) is 5.95 Å². The fraction of sp³-hybridized carbons (Fsp3) is 0.300. The van der Waals surface area contributed by atoms with Crippen molar-refractivity contribution in [2.45, 2.75) is 19.5 Å². The molecule has 7 heteroatoms. The third-order valence-electron chi connectivity index (χ3n) is 4.74. The van der Waals surface area contributed by atoms with E-state index in [1.165, 1.54) is 15.3 Å². The molecule has 0 atom stereocenters. The number of nitrogens with two attached hydrogens (primary N) is 1. The van der Waals surface area contributed by atoms with Crippen molar-refractivity contribution in [1.29, 1.82) is 0 Å². The van der Waals surface area contributed by atoms with Crippen molar-refractivity contribution in [3.05, 3.63) is 52.7 Å². The van der Waals surface area contributed by atoms with Gasteiger partial charge in [-0.15, -0.1) is 11.3 Å². The molecule has 1 aliphatic heterocycles. The van der Waals surface area contributed by atoms with E-state index >= 15 is 0 Å². The van der Waals surface area contributed by atoms with E-state index < -0.39 is 0 Å². The van der Waals surface area contributed by atoms with E-state index in [0.717, 1.165) is 48.8 Å². The molecule has 6 nitrogen and oxygen atoms in total. The van der Waals surface area contributed by atoms with Crippen molar-refractivity contribution in [2.24, 2.45) is 0 Å². The van der Waals surface area contributed by atoms with Crippen molar-refractivity contribution in [3.8, 4) is 21.9 Å². The third kappa shape index (κ3) is 3.74. The summed E-state index contributed by atoms with van der Waals surface area (Å²) in [5, 5.41) is 0. The second-order valence-corrected chi connectivity index (χ2v) is 7.66. The fourth-order valence-electron chi connectivity index (χ4n) is 3.35. The maximum absolute atomic E-state index is 5.69. The Morgan fingerprint density at radius 1 is 1.15 bits per heavy atom. The predicted octanol–water partition coefficient (Wildman–Crippen LogP) is 3.36. The first-order valence-corrected chi connectivity index (χ1v) is 9.61. The predicted molar refractivity (Wildman–Crippen MR) is 107 cm³/mol. The van der Waals surface area contributed by atoms with Gasteiger partial charge in [-0.1, -0.05) is 0 Å². The molecule has 4 rings (SSSR count). The van der Waals surface area contributed by atoms with Crippen LogP contribution in [-0.2, 0) is 19.5 Å². The summed E-state index contributed by atoms with van der Waals surface area (Å²) in [6, 6.07) is 10.4. The molecule has 0 saturated carbocycles. The van der Waals surface area contributed by atoms with Crippen molar-refractivity contribution in [2.75, 3.05) is 26.5 Å². The van der Waals surface area contributed by atoms with Gasteiger partial charge in [-0.05, 0) is 35.9 Å². The quantitative estimate of drug-likeness (QED) is 0.729. The Morgan fingerprint density at radius 2 is 2.00 bits per heavy atom. The highest BCUT2D eigenvalue weighted by Crippen LogP contribution is 2.35. The summed E-state index contributed by atoms with van der Waals surface area (Å²) in [5.41, 5.74) is 9.07. The Morgan fingerprint density at radius 3 is 2.81 bits per heavy atom. The molecule has 27 heavy (non-hydrogen) atoms. The number of ether oxygens (including phenoxy) is 2. The Labute approximate surface area is 162 Å². The molecule has 0 saturated heterocycles. The number of aromatic nitrogens is 2. The van der Waals surface area contributed by atoms with Crippen molar-refractivity contribution < 1.29 is 9.47 Å². The largest absolute Gasteiger partial charge is 0.493 e. The van der Waals surface area contributed by atoms with Gasteiger partial charge in [0.05, 0.1) is 19.9 Å². The molecule has 0 aliphatic carbocycles. The van der Waals surface area contributed by atoms with Crippen LogP contribution >= 0.6 is 11.3 Å². The summed E-state index contributed by atoms with van der Waals surface area (Å²) < 4.78 is 10.7. The monoisotopic (exact) mass is 382 g/mol. The summed E-state index contributed by atoms with van der Waals surface area (Å²) in [7, 11) is 3.31. The number of thiophene rings is 1. The summed E-state index contributed by atoms with van der Waals surface area (Å²) in [4.78, 5) is 13.5. The number of nitrogens with zero attached hydrogens (tertiary/aromatic N) is 3. The molecule has 1 aromatic carbocycles. The first-order chi connectivity index (χ1) is 13.2. The number of hydrogen-bond acceptors (Lipinski definition) is 7. The van der Waals surface area contributed by atoms with Crippen LogP contribution in [0, 0.1) is 0 Å². The third-order valence-corrected chi connectivity index (χ3v) is 5.86. The van der Waals surface area contributed by atoms with E-state index in [9.17, 15) is 0 Å². The fourth-order valence-corrected chi connectivity index (χ4v) is 4.40. The molecule has 0 unspecified atom stereocenters. The van der Waals surface area contributed by atoms with Gasteiger partial charge in [0, 0.05) is 47.6 Å². The maximum Gasteiger partial charge on any atom is 0.220 e. The SMILES string of the molecule is COc1ccc(-c2ccc(CN3CCc4nc(N)ncc4C3)s2)cc1OC. The first-order valence-electron chi connectivity index (χ1n) is 8.80. The normalized spacial score (nSPS) is 14.0. The van der Waals surface area contributed by atoms with Gasteiger partial charge in [0.25, 0.3) is 0 Å². The number of fused-ring (bicyclic) bond motifs is 1. The minimum Gasteiger partial charge on any atom is -0.493 e. The lowest BCUT2D eigenvalue weighted by Gasteiger charge is -2.27. The van der Waals surface area contributed by atoms with E-state index in [1.807, 2.05) is 18.3 Å². The Bertz CT molecular complexity index is 957. The molecule has 2 aromatic heterocycles. The maximum atomic E-state index is 5.69.